The molecule has 0 spiro atoms. The van der Waals surface area contributed by atoms with Crippen molar-refractivity contribution in [3.63, 3.8) is 0 Å². The summed E-state index contributed by atoms with van der Waals surface area (Å²) in [5.41, 5.74) is -1.64. The SMILES string of the molecule is CC(=O)N[C@@H](Cc1ccc(OC(=O)OCC(=O)[C@@]2(O)CC[C@H]3[C@@H]4CCC5=CC(=O)C=C[C@]5(C)[C@H]4[C@@H](O)C[C@@]32C)cc1)C(=O)OCCCCO[N+](=O)[O-]. The van der Waals surface area contributed by atoms with Gasteiger partial charge in [0.15, 0.2) is 12.4 Å². The van der Waals surface area contributed by atoms with Crippen LogP contribution in [0.3, 0.4) is 0 Å². The van der Waals surface area contributed by atoms with Crippen LogP contribution in [0, 0.1) is 38.7 Å². The number of benzene rings is 1. The van der Waals surface area contributed by atoms with Crippen LogP contribution in [-0.2, 0) is 39.9 Å². The lowest BCUT2D eigenvalue weighted by Gasteiger charge is -2.59. The molecule has 1 aromatic carbocycles. The normalized spacial score (nSPS) is 30.8. The third-order valence-electron chi connectivity index (χ3n) is 11.6. The topological polar surface area (TPSA) is 218 Å². The van der Waals surface area contributed by atoms with E-state index in [4.69, 9.17) is 14.2 Å². The molecular weight excluding hydrogens is 680 g/mol. The van der Waals surface area contributed by atoms with Gasteiger partial charge in [0.2, 0.25) is 11.7 Å². The second kappa shape index (κ2) is 15.5. The molecule has 4 aliphatic carbocycles. The lowest BCUT2D eigenvalue weighted by Crippen LogP contribution is -2.61. The van der Waals surface area contributed by atoms with Crippen LogP contribution in [0.25, 0.3) is 0 Å². The first kappa shape index (κ1) is 38.6. The van der Waals surface area contributed by atoms with Crippen LogP contribution in [-0.4, -0.2) is 82.5 Å². The summed E-state index contributed by atoms with van der Waals surface area (Å²) in [5.74, 6) is -1.97. The van der Waals surface area contributed by atoms with Crippen molar-refractivity contribution >= 4 is 29.6 Å². The van der Waals surface area contributed by atoms with Gasteiger partial charge in [-0.1, -0.05) is 37.6 Å². The summed E-state index contributed by atoms with van der Waals surface area (Å²) in [6.45, 7) is 4.27. The van der Waals surface area contributed by atoms with Gasteiger partial charge in [-0.2, -0.15) is 0 Å². The number of nitrogens with one attached hydrogen (secondary N) is 1. The van der Waals surface area contributed by atoms with Crippen LogP contribution < -0.4 is 10.1 Å². The van der Waals surface area contributed by atoms with Gasteiger partial charge in [0.05, 0.1) is 19.3 Å². The minimum Gasteiger partial charge on any atom is -0.464 e. The molecule has 52 heavy (non-hydrogen) atoms. The Bertz CT molecular complexity index is 1640. The smallest absolute Gasteiger partial charge is 0.464 e. The molecule has 0 unspecified atom stereocenters. The number of hydrogen-bond donors (Lipinski definition) is 3. The molecule has 15 nitrogen and oxygen atoms in total. The third kappa shape index (κ3) is 7.89. The Morgan fingerprint density at radius 1 is 1.08 bits per heavy atom. The fraction of sp³-hybridized carbons (Fsp3) is 0.595. The van der Waals surface area contributed by atoms with E-state index in [9.17, 15) is 44.3 Å². The Balaban J connectivity index is 1.13. The van der Waals surface area contributed by atoms with Crippen LogP contribution in [0.15, 0.2) is 48.1 Å². The average Bonchev–Trinajstić information content (AvgIpc) is 3.35. The minimum absolute atomic E-state index is 0.0204. The molecule has 0 saturated heterocycles. The van der Waals surface area contributed by atoms with E-state index in [1.54, 1.807) is 24.3 Å². The van der Waals surface area contributed by atoms with Crippen LogP contribution in [0.2, 0.25) is 0 Å². The Morgan fingerprint density at radius 3 is 2.48 bits per heavy atom. The highest BCUT2D eigenvalue weighted by molar-refractivity contribution is 6.01. The van der Waals surface area contributed by atoms with Crippen molar-refractivity contribution in [1.82, 2.24) is 5.32 Å². The summed E-state index contributed by atoms with van der Waals surface area (Å²) in [7, 11) is 0. The fourth-order valence-electron chi connectivity index (χ4n) is 9.14. The predicted molar refractivity (Wildman–Crippen MR) is 181 cm³/mol. The van der Waals surface area contributed by atoms with Crippen LogP contribution >= 0.6 is 0 Å². The number of rotatable bonds is 14. The number of amides is 1. The largest absolute Gasteiger partial charge is 0.514 e. The highest BCUT2D eigenvalue weighted by Gasteiger charge is 2.68. The van der Waals surface area contributed by atoms with Crippen molar-refractivity contribution in [1.29, 1.82) is 0 Å². The monoisotopic (exact) mass is 726 g/mol. The molecule has 1 aromatic rings. The number of unbranched alkanes of at least 4 members (excludes halogenated alkanes) is 1. The van der Waals surface area contributed by atoms with Gasteiger partial charge in [0.1, 0.15) is 17.4 Å². The van der Waals surface area contributed by atoms with Crippen molar-refractivity contribution in [2.24, 2.45) is 28.6 Å². The Labute approximate surface area is 300 Å². The predicted octanol–water partition coefficient (Wildman–Crippen LogP) is 3.36. The van der Waals surface area contributed by atoms with E-state index in [-0.39, 0.29) is 61.8 Å². The molecule has 4 aliphatic rings. The summed E-state index contributed by atoms with van der Waals surface area (Å²) < 4.78 is 15.6. The van der Waals surface area contributed by atoms with E-state index in [1.807, 2.05) is 13.0 Å². The summed E-state index contributed by atoms with van der Waals surface area (Å²) in [6, 6.07) is 5.02. The molecule has 0 aliphatic heterocycles. The van der Waals surface area contributed by atoms with Crippen LogP contribution in [0.1, 0.15) is 71.3 Å². The quantitative estimate of drug-likeness (QED) is 0.0825. The standard InChI is InChI=1S/C37H46N2O13/c1-22(40)38-29(33(44)49-16-4-5-17-51-39(47)48)18-23-6-9-26(10-7-23)52-34(45)50-21-31(43)37(46)15-13-28-27-11-8-24-19-25(41)12-14-35(24,2)32(27)30(42)20-36(28,37)3/h6-7,9-10,12,14,19,27-30,32,42,46H,4-5,8,11,13,15-18,20-21H2,1-3H3,(H,38,40)/t27-,28-,29-,30-,32+,35-,36-,37-/m0/s1. The number of Topliss-reactive ketones (excluding diaryl/α,β-unsaturated/α-hetero) is 1. The van der Waals surface area contributed by atoms with Gasteiger partial charge in [0.25, 0.3) is 5.09 Å². The van der Waals surface area contributed by atoms with Gasteiger partial charge in [-0.15, -0.1) is 10.1 Å². The van der Waals surface area contributed by atoms with E-state index in [0.29, 0.717) is 31.2 Å². The zero-order valence-corrected chi connectivity index (χ0v) is 29.5. The summed E-state index contributed by atoms with van der Waals surface area (Å²) in [4.78, 5) is 77.0. The van der Waals surface area contributed by atoms with E-state index in [0.717, 1.165) is 12.0 Å². The Hall–Kier alpha value is -4.63. The Morgan fingerprint density at radius 2 is 1.79 bits per heavy atom. The summed E-state index contributed by atoms with van der Waals surface area (Å²) in [5, 5.41) is 35.3. The first-order valence-corrected chi connectivity index (χ1v) is 17.6. The third-order valence-corrected chi connectivity index (χ3v) is 11.6. The maximum absolute atomic E-state index is 13.6. The molecule has 0 aromatic heterocycles. The molecule has 5 rings (SSSR count). The van der Waals surface area contributed by atoms with Gasteiger partial charge >= 0.3 is 12.1 Å². The van der Waals surface area contributed by atoms with E-state index >= 15 is 0 Å². The van der Waals surface area contributed by atoms with Crippen LogP contribution in [0.4, 0.5) is 4.79 Å². The second-order valence-corrected chi connectivity index (χ2v) is 14.7. The second-order valence-electron chi connectivity index (χ2n) is 14.7. The molecular formula is C37H46N2O13. The molecule has 282 valence electrons. The molecule has 0 heterocycles. The molecule has 0 radical (unpaired) electrons. The highest BCUT2D eigenvalue weighted by atomic mass is 16.9. The number of fused-ring (bicyclic) bond motifs is 5. The number of aliphatic hydroxyl groups excluding tert-OH is 1. The van der Waals surface area contributed by atoms with Crippen molar-refractivity contribution in [2.75, 3.05) is 19.8 Å². The summed E-state index contributed by atoms with van der Waals surface area (Å²) in [6.07, 6.45) is 6.20. The maximum Gasteiger partial charge on any atom is 0.514 e. The van der Waals surface area contributed by atoms with Gasteiger partial charge < -0.3 is 34.6 Å². The first-order chi connectivity index (χ1) is 24.6. The molecule has 3 fully saturated rings. The number of allylic oxidation sites excluding steroid dienone is 4. The number of ketones is 2. The van der Waals surface area contributed by atoms with E-state index in [1.165, 1.54) is 19.1 Å². The number of aliphatic hydroxyl groups is 2. The molecule has 15 heteroatoms. The molecule has 1 amide bonds. The van der Waals surface area contributed by atoms with Crippen molar-refractivity contribution in [2.45, 2.75) is 89.9 Å². The van der Waals surface area contributed by atoms with Crippen molar-refractivity contribution in [3.8, 4) is 5.75 Å². The number of esters is 1. The average molecular weight is 727 g/mol. The fourth-order valence-corrected chi connectivity index (χ4v) is 9.14. The maximum atomic E-state index is 13.6. The van der Waals surface area contributed by atoms with E-state index < -0.39 is 64.1 Å². The molecule has 0 bridgehead atoms. The highest BCUT2D eigenvalue weighted by Crippen LogP contribution is 2.67. The van der Waals surface area contributed by atoms with Crippen LogP contribution in [0.5, 0.6) is 5.75 Å². The van der Waals surface area contributed by atoms with Gasteiger partial charge in [-0.05, 0) is 86.6 Å². The minimum atomic E-state index is -1.82. The lowest BCUT2D eigenvalue weighted by atomic mass is 9.46. The van der Waals surface area contributed by atoms with Crippen molar-refractivity contribution in [3.05, 3.63) is 63.7 Å². The number of hydrogen-bond acceptors (Lipinski definition) is 13. The summed E-state index contributed by atoms with van der Waals surface area (Å²) >= 11 is 0. The Kier molecular flexibility index (Phi) is 11.5. The zero-order chi connectivity index (χ0) is 37.8. The molecule has 3 N–H and O–H groups in total. The number of carbonyl (C=O) groups is 5. The number of nitrogens with zero attached hydrogens (tertiary/aromatic N) is 1. The van der Waals surface area contributed by atoms with Gasteiger partial charge in [-0.3, -0.25) is 14.4 Å². The van der Waals surface area contributed by atoms with E-state index in [2.05, 4.69) is 17.1 Å². The van der Waals surface area contributed by atoms with Crippen molar-refractivity contribution < 1.29 is 58.3 Å². The number of carbonyl (C=O) groups excluding carboxylic acids is 5. The zero-order valence-electron chi connectivity index (χ0n) is 29.5. The number of ether oxygens (including phenoxy) is 3. The van der Waals surface area contributed by atoms with Gasteiger partial charge in [-0.25, -0.2) is 9.59 Å². The lowest BCUT2D eigenvalue weighted by molar-refractivity contribution is -0.757. The van der Waals surface area contributed by atoms with Gasteiger partial charge in [0, 0.05) is 30.1 Å². The molecule has 8 atom stereocenters. The first-order valence-electron chi connectivity index (χ1n) is 17.6. The molecule has 3 saturated carbocycles.